The Hall–Kier alpha value is -2.42. The van der Waals surface area contributed by atoms with Crippen LogP contribution in [0.5, 0.6) is 0 Å². The maximum Gasteiger partial charge on any atom is 0.328 e. The summed E-state index contributed by atoms with van der Waals surface area (Å²) in [5, 5.41) is 0. The maximum atomic E-state index is 11.6. The molecule has 3 nitrogen and oxygen atoms in total. The predicted molar refractivity (Wildman–Crippen MR) is 66.5 cm³/mol. The van der Waals surface area contributed by atoms with Crippen molar-refractivity contribution in [1.82, 2.24) is 5.43 Å². The predicted octanol–water partition coefficient (Wildman–Crippen LogP) is 2.81. The van der Waals surface area contributed by atoms with E-state index >= 15 is 0 Å². The molecule has 0 saturated heterocycles. The van der Waals surface area contributed by atoms with Crippen LogP contribution >= 0.6 is 0 Å². The zero-order valence-corrected chi connectivity index (χ0v) is 9.13. The molecule has 1 heterocycles. The minimum Gasteiger partial charge on any atom is -0.107 e. The number of rotatable bonds is 2. The molecule has 0 unspecified atom stereocenters. The largest absolute Gasteiger partial charge is 0.328 e. The van der Waals surface area contributed by atoms with E-state index in [1.807, 2.05) is 60.7 Å². The molecular weight excluding hydrogens is 212 g/mol. The van der Waals surface area contributed by atoms with E-state index < -0.39 is 0 Å². The van der Waals surface area contributed by atoms with Crippen molar-refractivity contribution in [3.8, 4) is 0 Å². The lowest BCUT2D eigenvalue weighted by molar-refractivity contribution is -0.525. The summed E-state index contributed by atoms with van der Waals surface area (Å²) in [5.41, 5.74) is 6.29. The molecule has 0 atom stereocenters. The summed E-state index contributed by atoms with van der Waals surface area (Å²) < 4.78 is 0. The van der Waals surface area contributed by atoms with Crippen molar-refractivity contribution < 1.29 is 4.87 Å². The van der Waals surface area contributed by atoms with E-state index in [1.165, 1.54) is 0 Å². The lowest BCUT2D eigenvalue weighted by Crippen LogP contribution is -2.35. The zero-order valence-electron chi connectivity index (χ0n) is 9.13. The highest BCUT2D eigenvalue weighted by Crippen LogP contribution is 2.30. The fourth-order valence-electron chi connectivity index (χ4n) is 1.92. The van der Waals surface area contributed by atoms with E-state index in [-0.39, 0.29) is 0 Å². The van der Waals surface area contributed by atoms with Crippen molar-refractivity contribution in [3.05, 3.63) is 76.7 Å². The van der Waals surface area contributed by atoms with E-state index in [9.17, 15) is 4.91 Å². The lowest BCUT2D eigenvalue weighted by Gasteiger charge is -2.14. The summed E-state index contributed by atoms with van der Waals surface area (Å²) in [7, 11) is 0. The van der Waals surface area contributed by atoms with Crippen LogP contribution in [0.15, 0.2) is 60.7 Å². The number of benzene rings is 2. The van der Waals surface area contributed by atoms with Crippen molar-refractivity contribution in [2.75, 3.05) is 0 Å². The van der Waals surface area contributed by atoms with Gasteiger partial charge in [0.05, 0.1) is 10.5 Å². The highest BCUT2D eigenvalue weighted by molar-refractivity contribution is 5.88. The third-order valence-electron chi connectivity index (χ3n) is 2.76. The van der Waals surface area contributed by atoms with Crippen LogP contribution in [0.2, 0.25) is 0 Å². The fraction of sp³-hybridized carbons (Fsp3) is 0. The molecule has 3 rings (SSSR count). The number of hydrogen-bond donors (Lipinski definition) is 1. The standard InChI is InChI=1S/C14H11N2O/c17-16-14(12-9-5-2-6-10-12)13(15-16)11-7-3-1-4-8-11/h1-10H,(H,15,17)/q+1. The van der Waals surface area contributed by atoms with Crippen molar-refractivity contribution in [2.24, 2.45) is 0 Å². The molecule has 2 aromatic carbocycles. The van der Waals surface area contributed by atoms with Gasteiger partial charge in [0.1, 0.15) is 0 Å². The van der Waals surface area contributed by atoms with Crippen LogP contribution in [-0.4, -0.2) is 4.87 Å². The first kappa shape index (κ1) is 9.78. The molecule has 0 aromatic heterocycles. The normalized spacial score (nSPS) is 14.2. The van der Waals surface area contributed by atoms with E-state index in [2.05, 4.69) is 5.43 Å². The van der Waals surface area contributed by atoms with E-state index in [1.54, 1.807) is 0 Å². The quantitative estimate of drug-likeness (QED) is 0.794. The maximum absolute atomic E-state index is 11.6. The second kappa shape index (κ2) is 3.87. The molecule has 0 radical (unpaired) electrons. The Morgan fingerprint density at radius 2 is 1.29 bits per heavy atom. The third kappa shape index (κ3) is 1.61. The zero-order chi connectivity index (χ0) is 11.7. The van der Waals surface area contributed by atoms with Gasteiger partial charge in [0.25, 0.3) is 0 Å². The summed E-state index contributed by atoms with van der Waals surface area (Å²) in [6.07, 6.45) is 0. The first-order chi connectivity index (χ1) is 8.36. The summed E-state index contributed by atoms with van der Waals surface area (Å²) in [6, 6.07) is 19.5. The van der Waals surface area contributed by atoms with Gasteiger partial charge in [0, 0.05) is 5.56 Å². The SMILES string of the molecule is O=[N+]1NC(c2ccccc2)=C1c1ccccc1. The number of nitrogens with zero attached hydrogens (tertiary/aromatic N) is 1. The second-order valence-electron chi connectivity index (χ2n) is 3.86. The van der Waals surface area contributed by atoms with Gasteiger partial charge in [0.2, 0.25) is 0 Å². The molecule has 1 aliphatic rings. The Morgan fingerprint density at radius 3 is 1.82 bits per heavy atom. The average molecular weight is 223 g/mol. The Morgan fingerprint density at radius 1 is 0.765 bits per heavy atom. The summed E-state index contributed by atoms with van der Waals surface area (Å²) in [4.78, 5) is 12.4. The molecule has 0 saturated carbocycles. The molecule has 0 spiro atoms. The molecule has 3 heteroatoms. The van der Waals surface area contributed by atoms with Crippen LogP contribution in [-0.2, 0) is 0 Å². The number of hydrazine groups is 1. The molecule has 82 valence electrons. The van der Waals surface area contributed by atoms with E-state index in [0.717, 1.165) is 21.7 Å². The Kier molecular flexibility index (Phi) is 2.22. The smallest absolute Gasteiger partial charge is 0.107 e. The monoisotopic (exact) mass is 223 g/mol. The topological polar surface area (TPSA) is 32.1 Å². The summed E-state index contributed by atoms with van der Waals surface area (Å²) in [6.45, 7) is 0. The summed E-state index contributed by atoms with van der Waals surface area (Å²) >= 11 is 0. The Labute approximate surface area is 98.9 Å². The molecule has 1 aliphatic heterocycles. The van der Waals surface area contributed by atoms with Gasteiger partial charge in [0.15, 0.2) is 10.6 Å². The van der Waals surface area contributed by atoms with Crippen molar-refractivity contribution in [2.45, 2.75) is 0 Å². The molecule has 2 aromatic rings. The van der Waals surface area contributed by atoms with Gasteiger partial charge in [-0.15, -0.1) is 5.43 Å². The fourth-order valence-corrected chi connectivity index (χ4v) is 1.92. The number of hydrogen-bond acceptors (Lipinski definition) is 1. The Bertz CT molecular complexity index is 588. The molecular formula is C14H11N2O+. The molecule has 17 heavy (non-hydrogen) atoms. The molecule has 0 amide bonds. The van der Waals surface area contributed by atoms with Crippen LogP contribution in [0.3, 0.4) is 0 Å². The Balaban J connectivity index is 2.11. The molecule has 0 fully saturated rings. The van der Waals surface area contributed by atoms with Gasteiger partial charge >= 0.3 is 5.70 Å². The van der Waals surface area contributed by atoms with Crippen LogP contribution in [0.4, 0.5) is 0 Å². The molecule has 0 bridgehead atoms. The third-order valence-corrected chi connectivity index (χ3v) is 2.76. The first-order valence-corrected chi connectivity index (χ1v) is 5.45. The number of nitrogens with one attached hydrogen (secondary N) is 1. The van der Waals surface area contributed by atoms with Crippen LogP contribution in [0.25, 0.3) is 11.4 Å². The van der Waals surface area contributed by atoms with Gasteiger partial charge in [-0.3, -0.25) is 0 Å². The van der Waals surface area contributed by atoms with Gasteiger partial charge in [-0.25, -0.2) is 0 Å². The van der Waals surface area contributed by atoms with Gasteiger partial charge in [-0.1, -0.05) is 48.5 Å². The van der Waals surface area contributed by atoms with Gasteiger partial charge in [-0.05, 0) is 12.1 Å². The van der Waals surface area contributed by atoms with Gasteiger partial charge in [-0.2, -0.15) is 0 Å². The average Bonchev–Trinajstić information content (AvgIpc) is 2.38. The van der Waals surface area contributed by atoms with Crippen LogP contribution < -0.4 is 5.43 Å². The highest BCUT2D eigenvalue weighted by atomic mass is 16.3. The number of nitroso groups, excluding NO2 is 1. The summed E-state index contributed by atoms with van der Waals surface area (Å²) in [5.74, 6) is 0. The lowest BCUT2D eigenvalue weighted by atomic mass is 10.0. The van der Waals surface area contributed by atoms with Crippen LogP contribution in [0, 0.1) is 4.91 Å². The van der Waals surface area contributed by atoms with Crippen molar-refractivity contribution in [1.29, 1.82) is 0 Å². The minimum atomic E-state index is 0.691. The highest BCUT2D eigenvalue weighted by Gasteiger charge is 2.39. The van der Waals surface area contributed by atoms with Crippen LogP contribution in [0.1, 0.15) is 11.1 Å². The minimum absolute atomic E-state index is 0.691. The second-order valence-corrected chi connectivity index (χ2v) is 3.86. The molecule has 0 aliphatic carbocycles. The van der Waals surface area contributed by atoms with Crippen molar-refractivity contribution >= 4 is 11.4 Å². The van der Waals surface area contributed by atoms with E-state index in [4.69, 9.17) is 0 Å². The van der Waals surface area contributed by atoms with E-state index in [0.29, 0.717) is 5.70 Å². The van der Waals surface area contributed by atoms with Gasteiger partial charge < -0.3 is 0 Å². The van der Waals surface area contributed by atoms with Crippen molar-refractivity contribution in [3.63, 3.8) is 0 Å². The first-order valence-electron chi connectivity index (χ1n) is 5.45. The molecule has 1 N–H and O–H groups in total.